The molecule has 0 bridgehead atoms. The summed E-state index contributed by atoms with van der Waals surface area (Å²) in [6.07, 6.45) is 1.86. The van der Waals surface area contributed by atoms with E-state index in [1.54, 1.807) is 12.1 Å². The highest BCUT2D eigenvalue weighted by atomic mass is 19.1. The van der Waals surface area contributed by atoms with Crippen LogP contribution in [0.25, 0.3) is 0 Å². The number of halogens is 1. The zero-order valence-electron chi connectivity index (χ0n) is 14.9. The number of nitrogens with one attached hydrogen (secondary N) is 1. The molecule has 25 heavy (non-hydrogen) atoms. The summed E-state index contributed by atoms with van der Waals surface area (Å²) in [5.41, 5.74) is 0.451. The van der Waals surface area contributed by atoms with Gasteiger partial charge in [-0.15, -0.1) is 0 Å². The Balaban J connectivity index is 1.56. The molecular weight excluding hydrogens is 323 g/mol. The number of hydrogen-bond acceptors (Lipinski definition) is 3. The summed E-state index contributed by atoms with van der Waals surface area (Å²) in [5.74, 6) is -0.164. The molecular formula is C19H25FN2O3. The molecule has 0 aromatic heterocycles. The molecule has 5 nitrogen and oxygen atoms in total. The Kier molecular flexibility index (Phi) is 4.71. The summed E-state index contributed by atoms with van der Waals surface area (Å²) in [4.78, 5) is 26.4. The molecule has 6 heteroatoms. The first kappa shape index (κ1) is 17.7. The van der Waals surface area contributed by atoms with Crippen molar-refractivity contribution < 1.29 is 18.7 Å². The van der Waals surface area contributed by atoms with Gasteiger partial charge in [0.05, 0.1) is 0 Å². The molecule has 1 aliphatic carbocycles. The molecule has 136 valence electrons. The van der Waals surface area contributed by atoms with Crippen molar-refractivity contribution in [2.75, 3.05) is 6.54 Å². The lowest BCUT2D eigenvalue weighted by Gasteiger charge is -2.28. The van der Waals surface area contributed by atoms with Crippen LogP contribution in [0, 0.1) is 5.82 Å². The van der Waals surface area contributed by atoms with Crippen LogP contribution in [0.15, 0.2) is 24.3 Å². The van der Waals surface area contributed by atoms with Crippen LogP contribution in [-0.4, -0.2) is 41.1 Å². The van der Waals surface area contributed by atoms with Crippen LogP contribution in [0.4, 0.5) is 9.18 Å². The predicted molar refractivity (Wildman–Crippen MR) is 91.7 cm³/mol. The van der Waals surface area contributed by atoms with E-state index < -0.39 is 17.7 Å². The van der Waals surface area contributed by atoms with Gasteiger partial charge in [0.2, 0.25) is 5.91 Å². The van der Waals surface area contributed by atoms with E-state index in [1.807, 2.05) is 20.8 Å². The lowest BCUT2D eigenvalue weighted by Crippen LogP contribution is -2.48. The van der Waals surface area contributed by atoms with E-state index in [4.69, 9.17) is 4.74 Å². The van der Waals surface area contributed by atoms with Gasteiger partial charge < -0.3 is 10.1 Å². The monoisotopic (exact) mass is 348 g/mol. The second-order valence-corrected chi connectivity index (χ2v) is 7.84. The number of likely N-dealkylation sites (tertiary alicyclic amines) is 1. The minimum absolute atomic E-state index is 0.0547. The minimum atomic E-state index is -0.579. The summed E-state index contributed by atoms with van der Waals surface area (Å²) in [5, 5.41) is 3.02. The van der Waals surface area contributed by atoms with Gasteiger partial charge in [0, 0.05) is 18.5 Å². The predicted octanol–water partition coefficient (Wildman–Crippen LogP) is 3.20. The second kappa shape index (κ2) is 6.65. The molecule has 2 aliphatic rings. The van der Waals surface area contributed by atoms with Crippen molar-refractivity contribution in [3.63, 3.8) is 0 Å². The summed E-state index contributed by atoms with van der Waals surface area (Å²) in [6, 6.07) is 5.98. The van der Waals surface area contributed by atoms with Gasteiger partial charge in [-0.2, -0.15) is 0 Å². The van der Waals surface area contributed by atoms with E-state index in [2.05, 4.69) is 5.32 Å². The molecule has 1 saturated heterocycles. The highest BCUT2D eigenvalue weighted by molar-refractivity contribution is 5.86. The number of benzene rings is 1. The van der Waals surface area contributed by atoms with Gasteiger partial charge in [0.1, 0.15) is 17.5 Å². The number of nitrogens with zero attached hydrogens (tertiary/aromatic N) is 1. The zero-order valence-corrected chi connectivity index (χ0v) is 14.9. The number of rotatable bonds is 3. The fourth-order valence-corrected chi connectivity index (χ4v) is 3.29. The van der Waals surface area contributed by atoms with Crippen LogP contribution in [0.3, 0.4) is 0 Å². The van der Waals surface area contributed by atoms with Gasteiger partial charge in [-0.05, 0) is 57.7 Å². The molecule has 1 aromatic carbocycles. The Morgan fingerprint density at radius 2 is 1.92 bits per heavy atom. The van der Waals surface area contributed by atoms with E-state index in [0.717, 1.165) is 18.4 Å². The smallest absolute Gasteiger partial charge is 0.410 e. The first-order chi connectivity index (χ1) is 11.7. The molecule has 0 radical (unpaired) electrons. The van der Waals surface area contributed by atoms with E-state index in [0.29, 0.717) is 13.0 Å². The zero-order chi connectivity index (χ0) is 18.2. The van der Waals surface area contributed by atoms with Crippen LogP contribution in [0.5, 0.6) is 0 Å². The van der Waals surface area contributed by atoms with E-state index in [9.17, 15) is 14.0 Å². The lowest BCUT2D eigenvalue weighted by atomic mass is 10.1. The van der Waals surface area contributed by atoms with Gasteiger partial charge in [0.25, 0.3) is 0 Å². The molecule has 1 N–H and O–H groups in total. The second-order valence-electron chi connectivity index (χ2n) is 7.84. The standard InChI is InChI=1S/C19H25FN2O3/c1-19(2,3)25-18(24)22-10-4-5-16(22)17(23)21-15-11-14(15)12-6-8-13(20)9-7-12/h6-9,14-16H,4-5,10-11H2,1-3H3,(H,21,23)/t14-,15+,16?/m1/s1. The third-order valence-electron chi connectivity index (χ3n) is 4.60. The highest BCUT2D eigenvalue weighted by Gasteiger charge is 2.43. The summed E-state index contributed by atoms with van der Waals surface area (Å²) in [7, 11) is 0. The molecule has 1 saturated carbocycles. The Labute approximate surface area is 147 Å². The van der Waals surface area contributed by atoms with Gasteiger partial charge in [-0.3, -0.25) is 9.69 Å². The summed E-state index contributed by atoms with van der Waals surface area (Å²) in [6.45, 7) is 5.98. The lowest BCUT2D eigenvalue weighted by molar-refractivity contribution is -0.125. The third kappa shape index (κ3) is 4.30. The number of amides is 2. The molecule has 1 aromatic rings. The minimum Gasteiger partial charge on any atom is -0.444 e. The van der Waals surface area contributed by atoms with E-state index >= 15 is 0 Å². The van der Waals surface area contributed by atoms with Crippen molar-refractivity contribution in [2.24, 2.45) is 0 Å². The van der Waals surface area contributed by atoms with Crippen LogP contribution in [0.2, 0.25) is 0 Å². The molecule has 0 spiro atoms. The quantitative estimate of drug-likeness (QED) is 0.913. The maximum atomic E-state index is 13.0. The largest absolute Gasteiger partial charge is 0.444 e. The third-order valence-corrected chi connectivity index (χ3v) is 4.60. The number of carbonyl (C=O) groups is 2. The molecule has 3 rings (SSSR count). The number of carbonyl (C=O) groups excluding carboxylic acids is 2. The Bertz CT molecular complexity index is 654. The molecule has 1 heterocycles. The molecule has 1 unspecified atom stereocenters. The van der Waals surface area contributed by atoms with Gasteiger partial charge in [-0.25, -0.2) is 9.18 Å². The van der Waals surface area contributed by atoms with Crippen LogP contribution in [0.1, 0.15) is 51.5 Å². The first-order valence-electron chi connectivity index (χ1n) is 8.80. The fourth-order valence-electron chi connectivity index (χ4n) is 3.29. The topological polar surface area (TPSA) is 58.6 Å². The van der Waals surface area contributed by atoms with Crippen molar-refractivity contribution in [3.05, 3.63) is 35.6 Å². The maximum Gasteiger partial charge on any atom is 0.410 e. The van der Waals surface area contributed by atoms with Crippen molar-refractivity contribution in [3.8, 4) is 0 Å². The average molecular weight is 348 g/mol. The van der Waals surface area contributed by atoms with Crippen molar-refractivity contribution in [1.29, 1.82) is 0 Å². The van der Waals surface area contributed by atoms with Gasteiger partial charge >= 0.3 is 6.09 Å². The number of hydrogen-bond donors (Lipinski definition) is 1. The van der Waals surface area contributed by atoms with Crippen molar-refractivity contribution >= 4 is 12.0 Å². The van der Waals surface area contributed by atoms with E-state index in [-0.39, 0.29) is 23.7 Å². The molecule has 3 atom stereocenters. The Morgan fingerprint density at radius 1 is 1.24 bits per heavy atom. The van der Waals surface area contributed by atoms with Crippen LogP contribution in [-0.2, 0) is 9.53 Å². The SMILES string of the molecule is CC(C)(C)OC(=O)N1CCCC1C(=O)N[C@H]1C[C@@H]1c1ccc(F)cc1. The molecule has 1 aliphatic heterocycles. The average Bonchev–Trinajstić information content (AvgIpc) is 3.09. The first-order valence-corrected chi connectivity index (χ1v) is 8.80. The summed E-state index contributed by atoms with van der Waals surface area (Å²) < 4.78 is 18.4. The number of ether oxygens (including phenoxy) is 1. The summed E-state index contributed by atoms with van der Waals surface area (Å²) >= 11 is 0. The van der Waals surface area contributed by atoms with Crippen LogP contribution >= 0.6 is 0 Å². The van der Waals surface area contributed by atoms with E-state index in [1.165, 1.54) is 17.0 Å². The van der Waals surface area contributed by atoms with Gasteiger partial charge in [-0.1, -0.05) is 12.1 Å². The highest BCUT2D eigenvalue weighted by Crippen LogP contribution is 2.41. The molecule has 2 amide bonds. The normalized spacial score (nSPS) is 25.6. The maximum absolute atomic E-state index is 13.0. The fraction of sp³-hybridized carbons (Fsp3) is 0.579. The van der Waals surface area contributed by atoms with Crippen molar-refractivity contribution in [1.82, 2.24) is 10.2 Å². The van der Waals surface area contributed by atoms with Gasteiger partial charge in [0.15, 0.2) is 0 Å². The van der Waals surface area contributed by atoms with Crippen molar-refractivity contribution in [2.45, 2.75) is 63.6 Å². The Morgan fingerprint density at radius 3 is 2.56 bits per heavy atom. The Hall–Kier alpha value is -2.11. The molecule has 2 fully saturated rings. The van der Waals surface area contributed by atoms with Crippen LogP contribution < -0.4 is 5.32 Å².